The number of likely N-dealkylation sites (tertiary alicyclic amines) is 1. The van der Waals surface area contributed by atoms with Crippen LogP contribution in [-0.2, 0) is 11.3 Å². The van der Waals surface area contributed by atoms with Crippen LogP contribution in [0.1, 0.15) is 38.0 Å². The average molecular weight is 239 g/mol. The van der Waals surface area contributed by atoms with E-state index in [0.717, 1.165) is 13.0 Å². The van der Waals surface area contributed by atoms with E-state index in [1.54, 1.807) is 6.92 Å². The molecule has 0 spiro atoms. The van der Waals surface area contributed by atoms with Gasteiger partial charge in [-0.05, 0) is 25.8 Å². The van der Waals surface area contributed by atoms with Gasteiger partial charge in [-0.1, -0.05) is 6.92 Å². The summed E-state index contributed by atoms with van der Waals surface area (Å²) in [4.78, 5) is 13.4. The van der Waals surface area contributed by atoms with Gasteiger partial charge in [0, 0.05) is 6.92 Å². The fourth-order valence-corrected chi connectivity index (χ4v) is 2.52. The lowest BCUT2D eigenvalue weighted by Crippen LogP contribution is -2.49. The lowest BCUT2D eigenvalue weighted by atomic mass is 9.93. The van der Waals surface area contributed by atoms with Crippen molar-refractivity contribution in [2.24, 2.45) is 0 Å². The molecule has 1 saturated heterocycles. The number of aryl methyl sites for hydroxylation is 1. The predicted molar refractivity (Wildman–Crippen MR) is 59.3 cm³/mol. The molecule has 1 unspecified atom stereocenters. The Bertz CT molecular complexity index is 418. The van der Waals surface area contributed by atoms with E-state index in [2.05, 4.69) is 10.2 Å². The van der Waals surface area contributed by atoms with Crippen molar-refractivity contribution < 1.29 is 14.3 Å². The molecule has 6 nitrogen and oxygen atoms in total. The van der Waals surface area contributed by atoms with Crippen LogP contribution in [0.3, 0.4) is 0 Å². The van der Waals surface area contributed by atoms with Gasteiger partial charge in [0.05, 0.1) is 6.54 Å². The number of carboxylic acids is 1. The summed E-state index contributed by atoms with van der Waals surface area (Å²) in [6.45, 7) is 4.82. The van der Waals surface area contributed by atoms with Gasteiger partial charge in [0.1, 0.15) is 5.54 Å². The highest BCUT2D eigenvalue weighted by atomic mass is 16.4. The molecule has 2 rings (SSSR count). The van der Waals surface area contributed by atoms with E-state index >= 15 is 0 Å². The predicted octanol–water partition coefficient (Wildman–Crippen LogP) is 1.21. The first-order chi connectivity index (χ1) is 8.08. The molecule has 0 bridgehead atoms. The smallest absolute Gasteiger partial charge is 0.324 e. The van der Waals surface area contributed by atoms with E-state index in [1.165, 1.54) is 0 Å². The number of carboxylic acid groups (broad SMARTS) is 1. The average Bonchev–Trinajstić information content (AvgIpc) is 2.86. The molecule has 0 aliphatic carbocycles. The van der Waals surface area contributed by atoms with Gasteiger partial charge in [0.15, 0.2) is 0 Å². The third-order valence-corrected chi connectivity index (χ3v) is 3.50. The molecule has 1 atom stereocenters. The fraction of sp³-hybridized carbons (Fsp3) is 0.727. The molecule has 1 N–H and O–H groups in total. The summed E-state index contributed by atoms with van der Waals surface area (Å²) >= 11 is 0. The van der Waals surface area contributed by atoms with Crippen molar-refractivity contribution in [3.8, 4) is 0 Å². The zero-order valence-electron chi connectivity index (χ0n) is 10.1. The second-order valence-electron chi connectivity index (χ2n) is 4.43. The van der Waals surface area contributed by atoms with Crippen LogP contribution < -0.4 is 0 Å². The molecular weight excluding hydrogens is 222 g/mol. The summed E-state index contributed by atoms with van der Waals surface area (Å²) < 4.78 is 5.31. The number of rotatable bonds is 4. The number of aromatic nitrogens is 2. The van der Waals surface area contributed by atoms with E-state index in [9.17, 15) is 9.90 Å². The summed E-state index contributed by atoms with van der Waals surface area (Å²) in [5, 5.41) is 17.1. The van der Waals surface area contributed by atoms with Crippen LogP contribution in [0.2, 0.25) is 0 Å². The van der Waals surface area contributed by atoms with Gasteiger partial charge in [0.2, 0.25) is 11.8 Å². The van der Waals surface area contributed by atoms with Crippen molar-refractivity contribution in [3.63, 3.8) is 0 Å². The lowest BCUT2D eigenvalue weighted by molar-refractivity contribution is -0.150. The van der Waals surface area contributed by atoms with Crippen molar-refractivity contribution in [1.82, 2.24) is 15.1 Å². The molecule has 0 radical (unpaired) electrons. The summed E-state index contributed by atoms with van der Waals surface area (Å²) in [7, 11) is 0. The van der Waals surface area contributed by atoms with Gasteiger partial charge in [-0.25, -0.2) is 0 Å². The molecule has 1 fully saturated rings. The topological polar surface area (TPSA) is 79.5 Å². The number of aliphatic carboxylic acids is 1. The molecule has 1 aliphatic rings. The SMILES string of the molecule is CCC1(C(=O)O)CCCN1Cc1nnc(C)o1. The van der Waals surface area contributed by atoms with E-state index in [4.69, 9.17) is 4.42 Å². The van der Waals surface area contributed by atoms with Gasteiger partial charge >= 0.3 is 5.97 Å². The van der Waals surface area contributed by atoms with Gasteiger partial charge in [-0.15, -0.1) is 10.2 Å². The molecule has 1 aliphatic heterocycles. The fourth-order valence-electron chi connectivity index (χ4n) is 2.52. The molecule has 94 valence electrons. The quantitative estimate of drug-likeness (QED) is 0.850. The standard InChI is InChI=1S/C11H17N3O3/c1-3-11(10(15)16)5-4-6-14(11)7-9-13-12-8(2)17-9/h3-7H2,1-2H3,(H,15,16). The van der Waals surface area contributed by atoms with Crippen LogP contribution >= 0.6 is 0 Å². The molecule has 1 aromatic heterocycles. The Morgan fingerprint density at radius 3 is 2.88 bits per heavy atom. The van der Waals surface area contributed by atoms with Crippen molar-refractivity contribution in [2.75, 3.05) is 6.54 Å². The second kappa shape index (κ2) is 4.44. The highest BCUT2D eigenvalue weighted by molar-refractivity contribution is 5.79. The summed E-state index contributed by atoms with van der Waals surface area (Å²) in [6, 6.07) is 0. The lowest BCUT2D eigenvalue weighted by Gasteiger charge is -2.32. The van der Waals surface area contributed by atoms with E-state index in [1.807, 2.05) is 11.8 Å². The minimum Gasteiger partial charge on any atom is -0.480 e. The van der Waals surface area contributed by atoms with E-state index < -0.39 is 11.5 Å². The van der Waals surface area contributed by atoms with Crippen LogP contribution in [0.5, 0.6) is 0 Å². The largest absolute Gasteiger partial charge is 0.480 e. The summed E-state index contributed by atoms with van der Waals surface area (Å²) in [6.07, 6.45) is 2.18. The number of hydrogen-bond donors (Lipinski definition) is 1. The minimum absolute atomic E-state index is 0.418. The Labute approximate surface area is 99.6 Å². The van der Waals surface area contributed by atoms with Gasteiger partial charge in [0.25, 0.3) is 0 Å². The highest BCUT2D eigenvalue weighted by Crippen LogP contribution is 2.33. The molecule has 17 heavy (non-hydrogen) atoms. The molecule has 0 amide bonds. The molecule has 2 heterocycles. The first-order valence-corrected chi connectivity index (χ1v) is 5.86. The van der Waals surface area contributed by atoms with Crippen molar-refractivity contribution in [3.05, 3.63) is 11.8 Å². The monoisotopic (exact) mass is 239 g/mol. The van der Waals surface area contributed by atoms with Gasteiger partial charge < -0.3 is 9.52 Å². The van der Waals surface area contributed by atoms with Gasteiger partial charge in [-0.3, -0.25) is 9.69 Å². The molecule has 0 saturated carbocycles. The summed E-state index contributed by atoms with van der Waals surface area (Å²) in [5.41, 5.74) is -0.762. The van der Waals surface area contributed by atoms with Crippen molar-refractivity contribution >= 4 is 5.97 Å². The first kappa shape index (κ1) is 12.0. The molecule has 1 aromatic rings. The molecule has 0 aromatic carbocycles. The zero-order valence-corrected chi connectivity index (χ0v) is 10.1. The highest BCUT2D eigenvalue weighted by Gasteiger charge is 2.46. The Morgan fingerprint density at radius 1 is 1.59 bits per heavy atom. The van der Waals surface area contributed by atoms with Crippen LogP contribution in [-0.4, -0.2) is 38.3 Å². The van der Waals surface area contributed by atoms with E-state index in [0.29, 0.717) is 31.2 Å². The Hall–Kier alpha value is -1.43. The normalized spacial score (nSPS) is 25.3. The summed E-state index contributed by atoms with van der Waals surface area (Å²) in [5.74, 6) is 0.244. The minimum atomic E-state index is -0.762. The number of carbonyl (C=O) groups is 1. The molecular formula is C11H17N3O3. The maximum absolute atomic E-state index is 11.5. The molecule has 6 heteroatoms. The van der Waals surface area contributed by atoms with Crippen LogP contribution in [0.15, 0.2) is 4.42 Å². The number of nitrogens with zero attached hydrogens (tertiary/aromatic N) is 3. The number of hydrogen-bond acceptors (Lipinski definition) is 5. The van der Waals surface area contributed by atoms with Crippen molar-refractivity contribution in [2.45, 2.75) is 45.2 Å². The zero-order chi connectivity index (χ0) is 12.5. The van der Waals surface area contributed by atoms with Crippen LogP contribution in [0, 0.1) is 6.92 Å². The Kier molecular flexibility index (Phi) is 3.15. The maximum atomic E-state index is 11.5. The van der Waals surface area contributed by atoms with Crippen LogP contribution in [0.25, 0.3) is 0 Å². The maximum Gasteiger partial charge on any atom is 0.324 e. The van der Waals surface area contributed by atoms with Gasteiger partial charge in [-0.2, -0.15) is 0 Å². The van der Waals surface area contributed by atoms with E-state index in [-0.39, 0.29) is 0 Å². The van der Waals surface area contributed by atoms with Crippen LogP contribution in [0.4, 0.5) is 0 Å². The Balaban J connectivity index is 2.17. The Morgan fingerprint density at radius 2 is 2.35 bits per heavy atom. The second-order valence-corrected chi connectivity index (χ2v) is 4.43. The third-order valence-electron chi connectivity index (χ3n) is 3.50. The van der Waals surface area contributed by atoms with Crippen molar-refractivity contribution in [1.29, 1.82) is 0 Å². The third kappa shape index (κ3) is 2.04. The first-order valence-electron chi connectivity index (χ1n) is 5.86.